The smallest absolute Gasteiger partial charge is 0.338 e. The number of carbonyl (C=O) groups is 2. The Morgan fingerprint density at radius 1 is 1.03 bits per heavy atom. The van der Waals surface area contributed by atoms with Gasteiger partial charge in [-0.2, -0.15) is 0 Å². The summed E-state index contributed by atoms with van der Waals surface area (Å²) in [6.45, 7) is 2.47. The third-order valence-electron chi connectivity index (χ3n) is 5.05. The van der Waals surface area contributed by atoms with Crippen LogP contribution in [0.4, 0.5) is 10.5 Å². The molecule has 0 bridgehead atoms. The zero-order valence-corrected chi connectivity index (χ0v) is 18.2. The number of anilines is 1. The Morgan fingerprint density at radius 2 is 1.81 bits per heavy atom. The number of hydrogen-bond acceptors (Lipinski definition) is 4. The molecule has 2 aromatic carbocycles. The molecule has 0 saturated carbocycles. The van der Waals surface area contributed by atoms with Crippen molar-refractivity contribution in [2.24, 2.45) is 7.05 Å². The summed E-state index contributed by atoms with van der Waals surface area (Å²) in [4.78, 5) is 25.4. The number of amides is 2. The van der Waals surface area contributed by atoms with E-state index in [2.05, 4.69) is 38.8 Å². The van der Waals surface area contributed by atoms with Gasteiger partial charge in [-0.3, -0.25) is 0 Å². The number of hydrogen-bond donors (Lipinski definition) is 2. The Kier molecular flexibility index (Phi) is 6.04. The highest BCUT2D eigenvalue weighted by molar-refractivity contribution is 7.13. The van der Waals surface area contributed by atoms with E-state index >= 15 is 0 Å². The standard InChI is InChI=1S/C24H23N3O3S/c1-3-30-23(28)16-10-12-17(13-11-16)26-24(29)25-15-19-18-7-4-5-8-20(18)27(2)22(19)21-9-6-14-31-21/h4-14H,3,15H2,1-2H3,(H2,25,26,29). The lowest BCUT2D eigenvalue weighted by molar-refractivity contribution is 0.0526. The van der Waals surface area contributed by atoms with Crippen LogP contribution >= 0.6 is 11.3 Å². The van der Waals surface area contributed by atoms with Crippen LogP contribution in [-0.4, -0.2) is 23.2 Å². The van der Waals surface area contributed by atoms with E-state index in [1.807, 2.05) is 25.2 Å². The van der Waals surface area contributed by atoms with Crippen LogP contribution in [0.5, 0.6) is 0 Å². The van der Waals surface area contributed by atoms with E-state index < -0.39 is 0 Å². The zero-order chi connectivity index (χ0) is 21.8. The number of esters is 1. The van der Waals surface area contributed by atoms with Gasteiger partial charge in [0.25, 0.3) is 0 Å². The number of aromatic nitrogens is 1. The van der Waals surface area contributed by atoms with E-state index in [0.29, 0.717) is 24.4 Å². The van der Waals surface area contributed by atoms with Crippen LogP contribution in [0.2, 0.25) is 0 Å². The van der Waals surface area contributed by atoms with Crippen LogP contribution in [0.15, 0.2) is 66.0 Å². The summed E-state index contributed by atoms with van der Waals surface area (Å²) < 4.78 is 7.15. The quantitative estimate of drug-likeness (QED) is 0.400. The second-order valence-electron chi connectivity index (χ2n) is 6.99. The van der Waals surface area contributed by atoms with Gasteiger partial charge in [0, 0.05) is 35.7 Å². The summed E-state index contributed by atoms with van der Waals surface area (Å²) in [6, 6.07) is 18.6. The molecule has 0 unspecified atom stereocenters. The first-order chi connectivity index (χ1) is 15.1. The van der Waals surface area contributed by atoms with Gasteiger partial charge in [0.2, 0.25) is 0 Å². The van der Waals surface area contributed by atoms with Crippen LogP contribution in [0.25, 0.3) is 21.5 Å². The SMILES string of the molecule is CCOC(=O)c1ccc(NC(=O)NCc2c(-c3cccs3)n(C)c3ccccc23)cc1. The van der Waals surface area contributed by atoms with Gasteiger partial charge in [-0.25, -0.2) is 9.59 Å². The summed E-state index contributed by atoms with van der Waals surface area (Å²) in [5, 5.41) is 8.95. The minimum absolute atomic E-state index is 0.311. The minimum atomic E-state index is -0.379. The molecule has 2 aromatic heterocycles. The lowest BCUT2D eigenvalue weighted by atomic mass is 10.1. The van der Waals surface area contributed by atoms with Gasteiger partial charge in [0.05, 0.1) is 22.7 Å². The Hall–Kier alpha value is -3.58. The van der Waals surface area contributed by atoms with E-state index in [9.17, 15) is 9.59 Å². The van der Waals surface area contributed by atoms with Crippen molar-refractivity contribution >= 4 is 39.9 Å². The molecule has 4 rings (SSSR count). The van der Waals surface area contributed by atoms with E-state index in [1.54, 1.807) is 42.5 Å². The number of nitrogens with one attached hydrogen (secondary N) is 2. The summed E-state index contributed by atoms with van der Waals surface area (Å²) >= 11 is 1.68. The highest BCUT2D eigenvalue weighted by Crippen LogP contribution is 2.35. The largest absolute Gasteiger partial charge is 0.462 e. The summed E-state index contributed by atoms with van der Waals surface area (Å²) in [5.74, 6) is -0.379. The Labute approximate surface area is 184 Å². The van der Waals surface area contributed by atoms with Crippen LogP contribution in [0.3, 0.4) is 0 Å². The van der Waals surface area contributed by atoms with Crippen molar-refractivity contribution in [3.63, 3.8) is 0 Å². The van der Waals surface area contributed by atoms with Crippen molar-refractivity contribution in [3.8, 4) is 10.6 Å². The maximum atomic E-state index is 12.5. The first kappa shape index (κ1) is 20.7. The molecule has 0 aliphatic heterocycles. The van der Waals surface area contributed by atoms with Gasteiger partial charge in [-0.05, 0) is 48.7 Å². The van der Waals surface area contributed by atoms with Gasteiger partial charge in [0.15, 0.2) is 0 Å². The average molecular weight is 434 g/mol. The van der Waals surface area contributed by atoms with Crippen LogP contribution < -0.4 is 10.6 Å². The molecule has 2 heterocycles. The third kappa shape index (κ3) is 4.32. The van der Waals surface area contributed by atoms with Gasteiger partial charge in [0.1, 0.15) is 0 Å². The first-order valence-electron chi connectivity index (χ1n) is 10.0. The summed E-state index contributed by atoms with van der Waals surface area (Å²) in [7, 11) is 2.05. The Bertz CT molecular complexity index is 1210. The van der Waals surface area contributed by atoms with Crippen molar-refractivity contribution in [1.82, 2.24) is 9.88 Å². The van der Waals surface area contributed by atoms with Crippen LogP contribution in [-0.2, 0) is 18.3 Å². The van der Waals surface area contributed by atoms with Crippen LogP contribution in [0, 0.1) is 0 Å². The fourth-order valence-electron chi connectivity index (χ4n) is 3.63. The molecule has 4 aromatic rings. The van der Waals surface area contributed by atoms with Crippen molar-refractivity contribution < 1.29 is 14.3 Å². The lowest BCUT2D eigenvalue weighted by Crippen LogP contribution is -2.28. The molecular formula is C24H23N3O3S. The molecule has 0 spiro atoms. The topological polar surface area (TPSA) is 72.4 Å². The molecule has 0 aliphatic rings. The van der Waals surface area contributed by atoms with Gasteiger partial charge in [-0.1, -0.05) is 24.3 Å². The number of urea groups is 1. The highest BCUT2D eigenvalue weighted by Gasteiger charge is 2.17. The molecule has 6 nitrogen and oxygen atoms in total. The molecule has 0 saturated heterocycles. The molecule has 7 heteroatoms. The summed E-state index contributed by atoms with van der Waals surface area (Å²) in [5.41, 5.74) is 4.35. The highest BCUT2D eigenvalue weighted by atomic mass is 32.1. The fraction of sp³-hybridized carbons (Fsp3) is 0.167. The second kappa shape index (κ2) is 9.06. The number of ether oxygens (including phenoxy) is 1. The maximum absolute atomic E-state index is 12.5. The van der Waals surface area contributed by atoms with Crippen molar-refractivity contribution in [2.45, 2.75) is 13.5 Å². The molecule has 0 atom stereocenters. The number of thiophene rings is 1. The summed E-state index contributed by atoms with van der Waals surface area (Å²) in [6.07, 6.45) is 0. The number of benzene rings is 2. The fourth-order valence-corrected chi connectivity index (χ4v) is 4.46. The molecule has 0 fully saturated rings. The predicted octanol–water partition coefficient (Wildman–Crippen LogP) is 5.41. The molecule has 0 aliphatic carbocycles. The molecule has 2 amide bonds. The van der Waals surface area contributed by atoms with E-state index in [-0.39, 0.29) is 12.0 Å². The number of fused-ring (bicyclic) bond motifs is 1. The number of para-hydroxylation sites is 1. The molecule has 158 valence electrons. The molecule has 2 N–H and O–H groups in total. The molecule has 31 heavy (non-hydrogen) atoms. The normalized spacial score (nSPS) is 10.8. The van der Waals surface area contributed by atoms with Gasteiger partial charge < -0.3 is 19.9 Å². The zero-order valence-electron chi connectivity index (χ0n) is 17.3. The van der Waals surface area contributed by atoms with Gasteiger partial charge >= 0.3 is 12.0 Å². The average Bonchev–Trinajstić information content (AvgIpc) is 3.39. The number of aryl methyl sites for hydroxylation is 1. The van der Waals surface area contributed by atoms with E-state index in [1.165, 1.54) is 0 Å². The third-order valence-corrected chi connectivity index (χ3v) is 5.92. The lowest BCUT2D eigenvalue weighted by Gasteiger charge is -2.10. The first-order valence-corrected chi connectivity index (χ1v) is 10.9. The Morgan fingerprint density at radius 3 is 2.52 bits per heavy atom. The van der Waals surface area contributed by atoms with Gasteiger partial charge in [-0.15, -0.1) is 11.3 Å². The minimum Gasteiger partial charge on any atom is -0.462 e. The Balaban J connectivity index is 1.50. The number of nitrogens with zero attached hydrogens (tertiary/aromatic N) is 1. The molecular weight excluding hydrogens is 410 g/mol. The monoisotopic (exact) mass is 433 g/mol. The van der Waals surface area contributed by atoms with E-state index in [4.69, 9.17) is 4.74 Å². The second-order valence-corrected chi connectivity index (χ2v) is 7.93. The number of carbonyl (C=O) groups excluding carboxylic acids is 2. The van der Waals surface area contributed by atoms with Crippen molar-refractivity contribution in [1.29, 1.82) is 0 Å². The van der Waals surface area contributed by atoms with Crippen molar-refractivity contribution in [2.75, 3.05) is 11.9 Å². The number of rotatable bonds is 6. The predicted molar refractivity (Wildman–Crippen MR) is 124 cm³/mol. The van der Waals surface area contributed by atoms with Crippen molar-refractivity contribution in [3.05, 3.63) is 77.2 Å². The van der Waals surface area contributed by atoms with Crippen LogP contribution in [0.1, 0.15) is 22.8 Å². The maximum Gasteiger partial charge on any atom is 0.338 e. The van der Waals surface area contributed by atoms with E-state index in [0.717, 1.165) is 27.0 Å². The molecule has 0 radical (unpaired) electrons.